The van der Waals surface area contributed by atoms with Crippen LogP contribution in [0.1, 0.15) is 110 Å². The van der Waals surface area contributed by atoms with Crippen LogP contribution in [0.15, 0.2) is 128 Å². The van der Waals surface area contributed by atoms with E-state index in [-0.39, 0.29) is 49.2 Å². The highest BCUT2D eigenvalue weighted by molar-refractivity contribution is 8.16. The van der Waals surface area contributed by atoms with E-state index in [2.05, 4.69) is 84.6 Å². The van der Waals surface area contributed by atoms with Gasteiger partial charge in [-0.2, -0.15) is 0 Å². The third-order valence-electron chi connectivity index (χ3n) is 12.7. The summed E-state index contributed by atoms with van der Waals surface area (Å²) >= 11 is 3.15. The van der Waals surface area contributed by atoms with E-state index < -0.39 is 0 Å². The highest BCUT2D eigenvalue weighted by Gasteiger charge is 2.33. The Morgan fingerprint density at radius 3 is 1.32 bits per heavy atom. The average molecular weight is 1110 g/mol. The number of carbonyl (C=O) groups excluding carboxylic acids is 6. The zero-order valence-corrected chi connectivity index (χ0v) is 47.1. The monoisotopic (exact) mass is 1110 g/mol. The summed E-state index contributed by atoms with van der Waals surface area (Å²) in [6.07, 6.45) is 7.54. The number of ether oxygens (including phenoxy) is 3. The number of nitrogens with one attached hydrogen (secondary N) is 3. The molecule has 0 spiro atoms. The summed E-state index contributed by atoms with van der Waals surface area (Å²) in [7, 11) is 0. The molecule has 6 amide bonds. The Kier molecular flexibility index (Phi) is 21.9. The number of aromatic nitrogens is 3. The molecular weight excluding hydrogens is 1040 g/mol. The summed E-state index contributed by atoms with van der Waals surface area (Å²) in [5, 5.41) is 5.10. The van der Waals surface area contributed by atoms with Gasteiger partial charge in [-0.15, -0.1) is 0 Å². The van der Waals surface area contributed by atoms with Gasteiger partial charge in [0.1, 0.15) is 17.2 Å². The van der Waals surface area contributed by atoms with Gasteiger partial charge in [-0.05, 0) is 132 Å². The predicted molar refractivity (Wildman–Crippen MR) is 308 cm³/mol. The molecule has 3 aliphatic heterocycles. The van der Waals surface area contributed by atoms with Crippen LogP contribution in [-0.2, 0) is 52.9 Å². The van der Waals surface area contributed by atoms with Gasteiger partial charge in [0.25, 0.3) is 15.7 Å². The van der Waals surface area contributed by atoms with Crippen LogP contribution in [0, 0.1) is 0 Å². The van der Waals surface area contributed by atoms with Crippen molar-refractivity contribution in [3.05, 3.63) is 178 Å². The molecule has 78 heavy (non-hydrogen) atoms. The van der Waals surface area contributed by atoms with Gasteiger partial charge >= 0.3 is 0 Å². The predicted octanol–water partition coefficient (Wildman–Crippen LogP) is 11.2. The van der Waals surface area contributed by atoms with E-state index in [1.165, 1.54) is 11.1 Å². The van der Waals surface area contributed by atoms with Gasteiger partial charge < -0.3 is 14.2 Å². The highest BCUT2D eigenvalue weighted by atomic mass is 32.2. The molecule has 408 valence electrons. The Bertz CT molecular complexity index is 2880. The second-order valence-electron chi connectivity index (χ2n) is 19.6. The number of nitrogens with zero attached hydrogens (tertiary/aromatic N) is 3. The molecule has 0 radical (unpaired) electrons. The van der Waals surface area contributed by atoms with Gasteiger partial charge in [-0.1, -0.05) is 125 Å². The molecule has 9 rings (SSSR count). The number of thioether (sulfide) groups is 3. The molecule has 6 heterocycles. The van der Waals surface area contributed by atoms with E-state index in [4.69, 9.17) is 14.2 Å². The number of rotatable bonds is 21. The van der Waals surface area contributed by atoms with Crippen molar-refractivity contribution in [2.45, 2.75) is 114 Å². The molecule has 3 unspecified atom stereocenters. The lowest BCUT2D eigenvalue weighted by Crippen LogP contribution is -2.25. The summed E-state index contributed by atoms with van der Waals surface area (Å²) in [5.41, 5.74) is 9.79. The fraction of sp³-hybridized carbons (Fsp3) is 0.350. The van der Waals surface area contributed by atoms with E-state index in [0.29, 0.717) is 56.8 Å². The maximum absolute atomic E-state index is 11.6. The van der Waals surface area contributed by atoms with Gasteiger partial charge in [0, 0.05) is 54.4 Å². The molecule has 3 aromatic heterocycles. The van der Waals surface area contributed by atoms with E-state index in [1.54, 1.807) is 0 Å². The second-order valence-corrected chi connectivity index (χ2v) is 23.2. The maximum Gasteiger partial charge on any atom is 0.286 e. The van der Waals surface area contributed by atoms with Crippen molar-refractivity contribution in [1.29, 1.82) is 0 Å². The molecule has 3 aromatic carbocycles. The van der Waals surface area contributed by atoms with Crippen LogP contribution in [0.4, 0.5) is 14.4 Å². The first-order chi connectivity index (χ1) is 37.5. The van der Waals surface area contributed by atoms with E-state index in [1.807, 2.05) is 116 Å². The molecule has 3 N–H and O–H groups in total. The molecule has 0 bridgehead atoms. The maximum atomic E-state index is 11.6. The first-order valence-corrected chi connectivity index (χ1v) is 28.7. The normalized spacial score (nSPS) is 16.8. The van der Waals surface area contributed by atoms with Gasteiger partial charge in [-0.25, -0.2) is 0 Å². The minimum Gasteiger partial charge on any atom is -0.493 e. The molecule has 18 heteroatoms. The summed E-state index contributed by atoms with van der Waals surface area (Å²) in [4.78, 5) is 82.0. The zero-order valence-electron chi connectivity index (χ0n) is 44.7. The fourth-order valence-electron chi connectivity index (χ4n) is 8.34. The van der Waals surface area contributed by atoms with Crippen molar-refractivity contribution in [3.63, 3.8) is 0 Å². The Balaban J connectivity index is 0.000000170. The third kappa shape index (κ3) is 18.3. The first-order valence-electron chi connectivity index (χ1n) is 26.1. The van der Waals surface area contributed by atoms with Crippen LogP contribution in [0.3, 0.4) is 0 Å². The Morgan fingerprint density at radius 2 is 0.910 bits per heavy atom. The zero-order chi connectivity index (χ0) is 55.6. The molecule has 3 aliphatic rings. The average Bonchev–Trinajstić information content (AvgIpc) is 4.05. The lowest BCUT2D eigenvalue weighted by Gasteiger charge is -2.12. The van der Waals surface area contributed by atoms with Crippen LogP contribution < -0.4 is 30.2 Å². The minimum absolute atomic E-state index is 0.211. The number of hydrogen-bond donors (Lipinski definition) is 3. The molecule has 3 atom stereocenters. The fourth-order valence-corrected chi connectivity index (χ4v) is 10.9. The molecule has 6 aromatic rings. The van der Waals surface area contributed by atoms with Crippen molar-refractivity contribution in [2.24, 2.45) is 0 Å². The van der Waals surface area contributed by atoms with Crippen molar-refractivity contribution in [3.8, 4) is 17.2 Å². The molecular formula is C60H66N6O9S3. The van der Waals surface area contributed by atoms with Gasteiger partial charge in [0.15, 0.2) is 0 Å². The number of amides is 6. The smallest absolute Gasteiger partial charge is 0.286 e. The SMILES string of the molecule is CC(C)c1cccc(CCOc2ccc(CC3SC(=O)NC3=O)cc2)n1.CC(C)c1cccnc1CCOc1ccc(CC2SC(=O)NC2=O)cc1.CC(C)c1ccnc(CCOc2ccc(CC3SC(=O)NC3=O)cc2)c1. The molecule has 0 saturated carbocycles. The number of benzene rings is 3. The quantitative estimate of drug-likeness (QED) is 0.0613. The summed E-state index contributed by atoms with van der Waals surface area (Å²) in [6.45, 7) is 14.6. The summed E-state index contributed by atoms with van der Waals surface area (Å²) in [6, 6.07) is 37.3. The largest absolute Gasteiger partial charge is 0.493 e. The van der Waals surface area contributed by atoms with Crippen LogP contribution >= 0.6 is 35.3 Å². The minimum atomic E-state index is -0.340. The Hall–Kier alpha value is -7.02. The van der Waals surface area contributed by atoms with Gasteiger partial charge in [0.05, 0.1) is 35.6 Å². The van der Waals surface area contributed by atoms with Gasteiger partial charge in [0.2, 0.25) is 17.7 Å². The van der Waals surface area contributed by atoms with E-state index in [0.717, 1.165) is 111 Å². The lowest BCUT2D eigenvalue weighted by atomic mass is 10.0. The van der Waals surface area contributed by atoms with Crippen molar-refractivity contribution in [1.82, 2.24) is 30.9 Å². The molecule has 3 fully saturated rings. The summed E-state index contributed by atoms with van der Waals surface area (Å²) in [5.74, 6) is 3.07. The lowest BCUT2D eigenvalue weighted by molar-refractivity contribution is -0.119. The number of imide groups is 3. The highest BCUT2D eigenvalue weighted by Crippen LogP contribution is 2.27. The molecule has 15 nitrogen and oxygen atoms in total. The summed E-state index contributed by atoms with van der Waals surface area (Å²) < 4.78 is 17.4. The van der Waals surface area contributed by atoms with Crippen molar-refractivity contribution in [2.75, 3.05) is 19.8 Å². The third-order valence-corrected chi connectivity index (χ3v) is 15.6. The number of pyridine rings is 3. The van der Waals surface area contributed by atoms with Crippen LogP contribution in [0.25, 0.3) is 0 Å². The standard InChI is InChI=1S/3C20H22N2O3S/c1-13(2)15-7-9-21-16(12-15)8-10-25-17-5-3-14(4-6-17)11-18-19(23)22-20(24)26-18;1-13(2)16-4-3-10-21-17(16)9-11-25-15-7-5-14(6-8-15)12-18-19(23)22-20(24)26-18;1-13(2)17-5-3-4-15(21-17)10-11-25-16-8-6-14(7-9-16)12-18-19(23)22-20(24)26-18/h3-7,9,12-13,18H,8,10-11H2,1-2H3,(H,22,23,24);3-8,10,13,18H,9,11-12H2,1-2H3,(H,22,23,24);3-9,13,18H,10-12H2,1-2H3,(H,22,23,24). The van der Waals surface area contributed by atoms with Crippen LogP contribution in [-0.4, -0.2) is 84.0 Å². The van der Waals surface area contributed by atoms with Crippen LogP contribution in [0.2, 0.25) is 0 Å². The van der Waals surface area contributed by atoms with E-state index in [9.17, 15) is 28.8 Å². The van der Waals surface area contributed by atoms with Crippen LogP contribution in [0.5, 0.6) is 17.2 Å². The first kappa shape index (κ1) is 58.7. The van der Waals surface area contributed by atoms with E-state index >= 15 is 0 Å². The van der Waals surface area contributed by atoms with Crippen molar-refractivity contribution >= 4 is 68.7 Å². The number of carbonyl (C=O) groups is 6. The topological polar surface area (TPSA) is 205 Å². The molecule has 3 saturated heterocycles. The molecule has 0 aliphatic carbocycles. The second kappa shape index (κ2) is 29.1. The van der Waals surface area contributed by atoms with Gasteiger partial charge in [-0.3, -0.25) is 59.7 Å². The Labute approximate surface area is 469 Å². The van der Waals surface area contributed by atoms with Crippen molar-refractivity contribution < 1.29 is 43.0 Å². The number of hydrogen-bond acceptors (Lipinski definition) is 15. The Morgan fingerprint density at radius 1 is 0.462 bits per heavy atom.